The number of imidazole rings is 1. The molecule has 4 heteroatoms. The number of para-hydroxylation sites is 1. The van der Waals surface area contributed by atoms with Crippen LogP contribution in [-0.4, -0.2) is 9.55 Å². The molecule has 0 unspecified atom stereocenters. The molecule has 0 fully saturated rings. The molecule has 2 aromatic carbocycles. The molecule has 3 aromatic rings. The number of nitrogens with two attached hydrogens (primary N) is 1. The molecule has 3 nitrogen and oxygen atoms in total. The summed E-state index contributed by atoms with van der Waals surface area (Å²) < 4.78 is 15.6. The minimum atomic E-state index is -0.256. The van der Waals surface area contributed by atoms with Crippen LogP contribution in [0.3, 0.4) is 0 Å². The second kappa shape index (κ2) is 4.88. The summed E-state index contributed by atoms with van der Waals surface area (Å²) in [5, 5.41) is 0. The number of rotatable bonds is 2. The third-order valence-corrected chi connectivity index (χ3v) is 3.73. The van der Waals surface area contributed by atoms with Gasteiger partial charge in [0.2, 0.25) is 0 Å². The van der Waals surface area contributed by atoms with Crippen molar-refractivity contribution >= 4 is 16.7 Å². The minimum Gasteiger partial charge on any atom is -0.398 e. The maximum Gasteiger partial charge on any atom is 0.143 e. The molecular weight excluding hydrogens is 265 g/mol. The smallest absolute Gasteiger partial charge is 0.143 e. The van der Waals surface area contributed by atoms with Crippen LogP contribution in [-0.2, 0) is 0 Å². The second-order valence-electron chi connectivity index (χ2n) is 5.57. The highest BCUT2D eigenvalue weighted by atomic mass is 19.1. The number of hydrogen-bond donors (Lipinski definition) is 1. The quantitative estimate of drug-likeness (QED) is 0.712. The van der Waals surface area contributed by atoms with Crippen molar-refractivity contribution in [2.45, 2.75) is 26.8 Å². The van der Waals surface area contributed by atoms with E-state index in [2.05, 4.69) is 18.8 Å². The number of benzene rings is 2. The molecule has 1 heterocycles. The van der Waals surface area contributed by atoms with Gasteiger partial charge in [-0.3, -0.25) is 0 Å². The van der Waals surface area contributed by atoms with Crippen LogP contribution in [0, 0.1) is 12.7 Å². The SMILES string of the molecule is Cc1cccc(-c2nc3ccc(F)cc3n2C(C)C)c1N. The Morgan fingerprint density at radius 3 is 2.67 bits per heavy atom. The monoisotopic (exact) mass is 283 g/mol. The zero-order valence-electron chi connectivity index (χ0n) is 12.4. The lowest BCUT2D eigenvalue weighted by Gasteiger charge is -2.15. The van der Waals surface area contributed by atoms with Gasteiger partial charge < -0.3 is 10.3 Å². The number of anilines is 1. The average Bonchev–Trinajstić information content (AvgIpc) is 2.80. The molecule has 21 heavy (non-hydrogen) atoms. The van der Waals surface area contributed by atoms with Crippen molar-refractivity contribution in [3.63, 3.8) is 0 Å². The van der Waals surface area contributed by atoms with Gasteiger partial charge in [0.1, 0.15) is 11.6 Å². The van der Waals surface area contributed by atoms with Gasteiger partial charge in [0.05, 0.1) is 11.0 Å². The Kier molecular flexibility index (Phi) is 3.16. The molecule has 1 aromatic heterocycles. The Morgan fingerprint density at radius 2 is 1.95 bits per heavy atom. The van der Waals surface area contributed by atoms with Crippen LogP contribution >= 0.6 is 0 Å². The van der Waals surface area contributed by atoms with Crippen molar-refractivity contribution in [2.24, 2.45) is 0 Å². The van der Waals surface area contributed by atoms with Gasteiger partial charge in [0, 0.05) is 17.3 Å². The lowest BCUT2D eigenvalue weighted by atomic mass is 10.1. The van der Waals surface area contributed by atoms with Crippen LogP contribution in [0.5, 0.6) is 0 Å². The lowest BCUT2D eigenvalue weighted by Crippen LogP contribution is -2.05. The van der Waals surface area contributed by atoms with Gasteiger partial charge in [0.25, 0.3) is 0 Å². The van der Waals surface area contributed by atoms with E-state index in [9.17, 15) is 4.39 Å². The van der Waals surface area contributed by atoms with Crippen LogP contribution in [0.15, 0.2) is 36.4 Å². The molecule has 3 rings (SSSR count). The first kappa shape index (κ1) is 13.6. The van der Waals surface area contributed by atoms with Crippen molar-refractivity contribution in [2.75, 3.05) is 5.73 Å². The number of fused-ring (bicyclic) bond motifs is 1. The fourth-order valence-electron chi connectivity index (χ4n) is 2.65. The molecule has 0 saturated heterocycles. The van der Waals surface area contributed by atoms with E-state index >= 15 is 0 Å². The van der Waals surface area contributed by atoms with Crippen LogP contribution < -0.4 is 5.73 Å². The summed E-state index contributed by atoms with van der Waals surface area (Å²) in [7, 11) is 0. The summed E-state index contributed by atoms with van der Waals surface area (Å²) in [6, 6.07) is 10.7. The molecular formula is C17H18FN3. The topological polar surface area (TPSA) is 43.8 Å². The van der Waals surface area contributed by atoms with Gasteiger partial charge in [-0.15, -0.1) is 0 Å². The predicted molar refractivity (Wildman–Crippen MR) is 84.7 cm³/mol. The molecule has 0 radical (unpaired) electrons. The van der Waals surface area contributed by atoms with E-state index < -0.39 is 0 Å². The van der Waals surface area contributed by atoms with Crippen molar-refractivity contribution in [1.29, 1.82) is 0 Å². The van der Waals surface area contributed by atoms with Gasteiger partial charge in [-0.2, -0.15) is 0 Å². The van der Waals surface area contributed by atoms with Crippen LogP contribution in [0.1, 0.15) is 25.5 Å². The fourth-order valence-corrected chi connectivity index (χ4v) is 2.65. The van der Waals surface area contributed by atoms with E-state index in [0.717, 1.165) is 33.7 Å². The lowest BCUT2D eigenvalue weighted by molar-refractivity contribution is 0.613. The summed E-state index contributed by atoms with van der Waals surface area (Å²) in [5.74, 6) is 0.528. The highest BCUT2D eigenvalue weighted by Gasteiger charge is 2.17. The Labute approximate surface area is 123 Å². The number of nitrogens with zero attached hydrogens (tertiary/aromatic N) is 2. The Hall–Kier alpha value is -2.36. The molecule has 108 valence electrons. The molecule has 0 saturated carbocycles. The van der Waals surface area contributed by atoms with Crippen LogP contribution in [0.25, 0.3) is 22.4 Å². The Bertz CT molecular complexity index is 818. The molecule has 2 N–H and O–H groups in total. The van der Waals surface area contributed by atoms with Crippen molar-refractivity contribution in [1.82, 2.24) is 9.55 Å². The van der Waals surface area contributed by atoms with Crippen molar-refractivity contribution in [3.8, 4) is 11.4 Å². The number of nitrogen functional groups attached to an aromatic ring is 1. The molecule has 0 aliphatic rings. The summed E-state index contributed by atoms with van der Waals surface area (Å²) in [4.78, 5) is 4.66. The summed E-state index contributed by atoms with van der Waals surface area (Å²) >= 11 is 0. The zero-order chi connectivity index (χ0) is 15.1. The first-order valence-corrected chi connectivity index (χ1v) is 7.02. The van der Waals surface area contributed by atoms with E-state index in [4.69, 9.17) is 5.73 Å². The first-order valence-electron chi connectivity index (χ1n) is 7.02. The van der Waals surface area contributed by atoms with Crippen LogP contribution in [0.4, 0.5) is 10.1 Å². The van der Waals surface area contributed by atoms with Crippen molar-refractivity contribution in [3.05, 3.63) is 47.8 Å². The fraction of sp³-hybridized carbons (Fsp3) is 0.235. The number of aromatic nitrogens is 2. The third-order valence-electron chi connectivity index (χ3n) is 3.73. The van der Waals surface area contributed by atoms with E-state index in [1.54, 1.807) is 6.07 Å². The molecule has 0 atom stereocenters. The molecule has 0 aliphatic heterocycles. The molecule has 0 aliphatic carbocycles. The average molecular weight is 283 g/mol. The summed E-state index contributed by atoms with van der Waals surface area (Å²) in [5.41, 5.74) is 10.4. The van der Waals surface area contributed by atoms with Gasteiger partial charge in [-0.1, -0.05) is 12.1 Å². The molecule has 0 amide bonds. The predicted octanol–water partition coefficient (Wildman–Crippen LogP) is 4.31. The standard InChI is InChI=1S/C17H18FN3/c1-10(2)21-15-9-12(18)7-8-14(15)20-17(21)13-6-4-5-11(3)16(13)19/h4-10H,19H2,1-3H3. The highest BCUT2D eigenvalue weighted by molar-refractivity contribution is 5.84. The minimum absolute atomic E-state index is 0.159. The van der Waals surface area contributed by atoms with Gasteiger partial charge >= 0.3 is 0 Å². The Balaban J connectivity index is 2.37. The number of halogens is 1. The number of hydrogen-bond acceptors (Lipinski definition) is 2. The summed E-state index contributed by atoms with van der Waals surface area (Å²) in [6.07, 6.45) is 0. The summed E-state index contributed by atoms with van der Waals surface area (Å²) in [6.45, 7) is 6.09. The zero-order valence-corrected chi connectivity index (χ0v) is 12.4. The van der Waals surface area contributed by atoms with Gasteiger partial charge in [0.15, 0.2) is 0 Å². The van der Waals surface area contributed by atoms with E-state index in [0.29, 0.717) is 0 Å². The molecule has 0 bridgehead atoms. The second-order valence-corrected chi connectivity index (χ2v) is 5.57. The third kappa shape index (κ3) is 2.17. The van der Waals surface area contributed by atoms with E-state index in [-0.39, 0.29) is 11.9 Å². The van der Waals surface area contributed by atoms with Crippen molar-refractivity contribution < 1.29 is 4.39 Å². The normalized spacial score (nSPS) is 11.5. The van der Waals surface area contributed by atoms with E-state index in [1.165, 1.54) is 12.1 Å². The Morgan fingerprint density at radius 1 is 1.19 bits per heavy atom. The largest absolute Gasteiger partial charge is 0.398 e. The highest BCUT2D eigenvalue weighted by Crippen LogP contribution is 2.33. The maximum atomic E-state index is 13.6. The maximum absolute atomic E-state index is 13.6. The number of aryl methyl sites for hydroxylation is 1. The first-order chi connectivity index (χ1) is 9.99. The van der Waals surface area contributed by atoms with E-state index in [1.807, 2.05) is 29.7 Å². The molecule has 0 spiro atoms. The van der Waals surface area contributed by atoms with Gasteiger partial charge in [-0.05, 0) is 50.6 Å². The van der Waals surface area contributed by atoms with Crippen LogP contribution in [0.2, 0.25) is 0 Å². The van der Waals surface area contributed by atoms with Gasteiger partial charge in [-0.25, -0.2) is 9.37 Å².